The zero-order valence-electron chi connectivity index (χ0n) is 17.2. The molecule has 1 aliphatic carbocycles. The summed E-state index contributed by atoms with van der Waals surface area (Å²) in [7, 11) is 0. The van der Waals surface area contributed by atoms with Gasteiger partial charge >= 0.3 is 5.97 Å². The lowest BCUT2D eigenvalue weighted by atomic mass is 9.91. The van der Waals surface area contributed by atoms with Gasteiger partial charge < -0.3 is 9.47 Å². The molecule has 3 heteroatoms. The normalized spacial score (nSPS) is 13.0. The second-order valence-corrected chi connectivity index (χ2v) is 7.97. The summed E-state index contributed by atoms with van der Waals surface area (Å²) in [4.78, 5) is 12.0. The SMILES string of the molecule is CCC(C)(C)C(=O)OCCCCOc1cccc2c1C=C(c1ccccc1)C2. The average molecular weight is 379 g/mol. The van der Waals surface area contributed by atoms with E-state index in [9.17, 15) is 4.79 Å². The van der Waals surface area contributed by atoms with Crippen molar-refractivity contribution in [1.29, 1.82) is 0 Å². The van der Waals surface area contributed by atoms with Gasteiger partial charge in [0.25, 0.3) is 0 Å². The first-order valence-corrected chi connectivity index (χ1v) is 10.2. The molecule has 0 unspecified atom stereocenters. The summed E-state index contributed by atoms with van der Waals surface area (Å²) in [5.74, 6) is 0.822. The number of allylic oxidation sites excluding steroid dienone is 1. The van der Waals surface area contributed by atoms with Crippen LogP contribution in [0.3, 0.4) is 0 Å². The zero-order chi connectivity index (χ0) is 20.0. The van der Waals surface area contributed by atoms with Crippen molar-refractivity contribution in [3.8, 4) is 5.75 Å². The molecule has 0 atom stereocenters. The third-order valence-electron chi connectivity index (χ3n) is 5.47. The van der Waals surface area contributed by atoms with Crippen LogP contribution in [0.1, 0.15) is 56.7 Å². The molecule has 0 saturated heterocycles. The van der Waals surface area contributed by atoms with Crippen LogP contribution >= 0.6 is 0 Å². The molecule has 0 N–H and O–H groups in total. The molecule has 0 fully saturated rings. The molecule has 0 heterocycles. The second-order valence-electron chi connectivity index (χ2n) is 7.97. The molecule has 3 rings (SSSR count). The van der Waals surface area contributed by atoms with Gasteiger partial charge in [-0.25, -0.2) is 0 Å². The number of ether oxygens (including phenoxy) is 2. The van der Waals surface area contributed by atoms with Crippen LogP contribution in [0.5, 0.6) is 5.75 Å². The number of esters is 1. The summed E-state index contributed by atoms with van der Waals surface area (Å²) in [6.45, 7) is 6.93. The molecule has 3 nitrogen and oxygen atoms in total. The van der Waals surface area contributed by atoms with E-state index in [0.717, 1.165) is 31.4 Å². The maximum Gasteiger partial charge on any atom is 0.311 e. The highest BCUT2D eigenvalue weighted by atomic mass is 16.5. The minimum atomic E-state index is -0.399. The predicted octanol–water partition coefficient (Wildman–Crippen LogP) is 5.92. The monoisotopic (exact) mass is 378 g/mol. The van der Waals surface area contributed by atoms with Gasteiger partial charge in [-0.2, -0.15) is 0 Å². The fourth-order valence-corrected chi connectivity index (χ4v) is 3.19. The maximum atomic E-state index is 12.0. The van der Waals surface area contributed by atoms with E-state index in [1.54, 1.807) is 0 Å². The zero-order valence-corrected chi connectivity index (χ0v) is 17.2. The van der Waals surface area contributed by atoms with Crippen LogP contribution in [0.25, 0.3) is 11.6 Å². The molecule has 148 valence electrons. The van der Waals surface area contributed by atoms with Crippen LogP contribution in [0.2, 0.25) is 0 Å². The van der Waals surface area contributed by atoms with Gasteiger partial charge in [-0.1, -0.05) is 49.4 Å². The Labute approximate surface area is 168 Å². The molecule has 0 saturated carbocycles. The van der Waals surface area contributed by atoms with E-state index in [1.165, 1.54) is 22.3 Å². The Morgan fingerprint density at radius 2 is 1.75 bits per heavy atom. The van der Waals surface area contributed by atoms with Crippen LogP contribution in [0, 0.1) is 5.41 Å². The van der Waals surface area contributed by atoms with E-state index in [4.69, 9.17) is 9.47 Å². The number of hydrogen-bond acceptors (Lipinski definition) is 3. The van der Waals surface area contributed by atoms with E-state index < -0.39 is 5.41 Å². The average Bonchev–Trinajstić information content (AvgIpc) is 3.16. The number of fused-ring (bicyclic) bond motifs is 1. The lowest BCUT2D eigenvalue weighted by molar-refractivity contribution is -0.154. The van der Waals surface area contributed by atoms with Crippen molar-refractivity contribution in [3.63, 3.8) is 0 Å². The Kier molecular flexibility index (Phi) is 6.56. The fourth-order valence-electron chi connectivity index (χ4n) is 3.19. The van der Waals surface area contributed by atoms with Crippen molar-refractivity contribution in [1.82, 2.24) is 0 Å². The molecule has 0 aliphatic heterocycles. The number of unbranched alkanes of at least 4 members (excludes halogenated alkanes) is 1. The standard InChI is InChI=1S/C25H30O3/c1-4-25(2,3)24(26)28-16-9-8-15-27-23-14-10-13-20-17-21(18-22(20)23)19-11-6-5-7-12-19/h5-7,10-14,18H,4,8-9,15-17H2,1-3H3. The van der Waals surface area contributed by atoms with Gasteiger partial charge in [-0.15, -0.1) is 0 Å². The number of benzene rings is 2. The summed E-state index contributed by atoms with van der Waals surface area (Å²) in [5, 5.41) is 0. The highest BCUT2D eigenvalue weighted by Gasteiger charge is 2.26. The van der Waals surface area contributed by atoms with Crippen molar-refractivity contribution in [2.45, 2.75) is 46.5 Å². The van der Waals surface area contributed by atoms with Crippen molar-refractivity contribution in [2.24, 2.45) is 5.41 Å². The molecule has 2 aromatic carbocycles. The van der Waals surface area contributed by atoms with Gasteiger partial charge in [0.05, 0.1) is 18.6 Å². The smallest absolute Gasteiger partial charge is 0.311 e. The molecular weight excluding hydrogens is 348 g/mol. The van der Waals surface area contributed by atoms with E-state index in [-0.39, 0.29) is 5.97 Å². The first-order valence-electron chi connectivity index (χ1n) is 10.2. The highest BCUT2D eigenvalue weighted by molar-refractivity contribution is 5.90. The summed E-state index contributed by atoms with van der Waals surface area (Å²) >= 11 is 0. The molecule has 0 amide bonds. The van der Waals surface area contributed by atoms with Crippen LogP contribution < -0.4 is 4.74 Å². The second kappa shape index (κ2) is 9.09. The molecule has 0 bridgehead atoms. The van der Waals surface area contributed by atoms with Crippen molar-refractivity contribution < 1.29 is 14.3 Å². The van der Waals surface area contributed by atoms with Gasteiger partial charge in [0.2, 0.25) is 0 Å². The molecule has 28 heavy (non-hydrogen) atoms. The van der Waals surface area contributed by atoms with Crippen molar-refractivity contribution in [2.75, 3.05) is 13.2 Å². The van der Waals surface area contributed by atoms with Gasteiger partial charge in [0, 0.05) is 5.56 Å². The third-order valence-corrected chi connectivity index (χ3v) is 5.47. The quantitative estimate of drug-likeness (QED) is 0.401. The minimum absolute atomic E-state index is 0.115. The fraction of sp³-hybridized carbons (Fsp3) is 0.400. The Bertz CT molecular complexity index is 834. The van der Waals surface area contributed by atoms with Crippen molar-refractivity contribution >= 4 is 17.6 Å². The summed E-state index contributed by atoms with van der Waals surface area (Å²) in [6.07, 6.45) is 5.64. The summed E-state index contributed by atoms with van der Waals surface area (Å²) < 4.78 is 11.4. The van der Waals surface area contributed by atoms with E-state index >= 15 is 0 Å². The van der Waals surface area contributed by atoms with Gasteiger partial charge in [0.1, 0.15) is 5.75 Å². The van der Waals surface area contributed by atoms with Crippen molar-refractivity contribution in [3.05, 3.63) is 65.2 Å². The number of carbonyl (C=O) groups is 1. The Balaban J connectivity index is 1.49. The van der Waals surface area contributed by atoms with E-state index in [1.807, 2.05) is 32.9 Å². The lowest BCUT2D eigenvalue weighted by Gasteiger charge is -2.20. The topological polar surface area (TPSA) is 35.5 Å². The summed E-state index contributed by atoms with van der Waals surface area (Å²) in [6, 6.07) is 16.8. The largest absolute Gasteiger partial charge is 0.493 e. The van der Waals surface area contributed by atoms with Gasteiger partial charge in [-0.3, -0.25) is 4.79 Å². The molecule has 0 spiro atoms. The Morgan fingerprint density at radius 3 is 2.50 bits per heavy atom. The maximum absolute atomic E-state index is 12.0. The van der Waals surface area contributed by atoms with Crippen LogP contribution in [0.4, 0.5) is 0 Å². The first-order chi connectivity index (χ1) is 13.5. The van der Waals surface area contributed by atoms with Crippen LogP contribution in [0.15, 0.2) is 48.5 Å². The first kappa shape index (κ1) is 20.2. The third kappa shape index (κ3) is 4.83. The molecule has 0 radical (unpaired) electrons. The highest BCUT2D eigenvalue weighted by Crippen LogP contribution is 2.36. The molecule has 1 aliphatic rings. The predicted molar refractivity (Wildman–Crippen MR) is 114 cm³/mol. The molecule has 2 aromatic rings. The number of hydrogen-bond donors (Lipinski definition) is 0. The van der Waals surface area contributed by atoms with Gasteiger partial charge in [-0.05, 0) is 68.4 Å². The number of carbonyl (C=O) groups excluding carboxylic acids is 1. The number of rotatable bonds is 9. The van der Waals surface area contributed by atoms with E-state index in [2.05, 4.69) is 42.5 Å². The molecular formula is C25H30O3. The summed E-state index contributed by atoms with van der Waals surface area (Å²) in [5.41, 5.74) is 4.70. The van der Waals surface area contributed by atoms with Crippen LogP contribution in [-0.2, 0) is 16.0 Å². The Morgan fingerprint density at radius 1 is 1.00 bits per heavy atom. The van der Waals surface area contributed by atoms with Gasteiger partial charge in [0.15, 0.2) is 0 Å². The lowest BCUT2D eigenvalue weighted by Crippen LogP contribution is -2.26. The minimum Gasteiger partial charge on any atom is -0.493 e. The van der Waals surface area contributed by atoms with E-state index in [0.29, 0.717) is 13.2 Å². The molecule has 0 aromatic heterocycles. The Hall–Kier alpha value is -2.55. The van der Waals surface area contributed by atoms with Crippen LogP contribution in [-0.4, -0.2) is 19.2 Å².